The van der Waals surface area contributed by atoms with E-state index in [0.717, 1.165) is 6.42 Å². The second-order valence-electron chi connectivity index (χ2n) is 5.54. The largest absolute Gasteiger partial charge is 0.367 e. The summed E-state index contributed by atoms with van der Waals surface area (Å²) >= 11 is 5.86. The maximum atomic E-state index is 12.5. The van der Waals surface area contributed by atoms with E-state index in [-0.39, 0.29) is 11.8 Å². The highest BCUT2D eigenvalue weighted by molar-refractivity contribution is 6.30. The lowest BCUT2D eigenvalue weighted by Gasteiger charge is -2.22. The Morgan fingerprint density at radius 3 is 2.04 bits per heavy atom. The van der Waals surface area contributed by atoms with E-state index >= 15 is 0 Å². The van der Waals surface area contributed by atoms with Crippen LogP contribution in [0, 0.1) is 0 Å². The van der Waals surface area contributed by atoms with E-state index in [4.69, 9.17) is 11.6 Å². The normalized spacial score (nSPS) is 15.3. The van der Waals surface area contributed by atoms with Crippen LogP contribution in [0.15, 0.2) is 42.7 Å². The third kappa shape index (κ3) is 3.56. The number of carbonyl (C=O) groups is 2. The van der Waals surface area contributed by atoms with Crippen molar-refractivity contribution in [3.8, 4) is 0 Å². The first-order valence-corrected chi connectivity index (χ1v) is 8.00. The van der Waals surface area contributed by atoms with Gasteiger partial charge in [0.1, 0.15) is 0 Å². The molecule has 2 amide bonds. The first-order chi connectivity index (χ1) is 11.1. The topological polar surface area (TPSA) is 56.4 Å². The second-order valence-corrected chi connectivity index (χ2v) is 5.98. The number of H-pyrrole nitrogens is 1. The molecule has 3 rings (SSSR count). The fourth-order valence-electron chi connectivity index (χ4n) is 2.74. The smallest absolute Gasteiger partial charge is 0.255 e. The molecule has 0 unspecified atom stereocenters. The van der Waals surface area contributed by atoms with Gasteiger partial charge in [-0.2, -0.15) is 0 Å². The Labute approximate surface area is 139 Å². The molecule has 1 saturated heterocycles. The minimum absolute atomic E-state index is 0.00652. The van der Waals surface area contributed by atoms with Crippen LogP contribution >= 0.6 is 11.6 Å². The Morgan fingerprint density at radius 1 is 0.870 bits per heavy atom. The van der Waals surface area contributed by atoms with Crippen LogP contribution in [0.3, 0.4) is 0 Å². The highest BCUT2D eigenvalue weighted by Crippen LogP contribution is 2.14. The molecule has 1 fully saturated rings. The van der Waals surface area contributed by atoms with Gasteiger partial charge in [0.05, 0.1) is 5.56 Å². The van der Waals surface area contributed by atoms with Gasteiger partial charge < -0.3 is 14.8 Å². The Hall–Kier alpha value is -2.27. The van der Waals surface area contributed by atoms with Gasteiger partial charge >= 0.3 is 0 Å². The molecule has 2 aromatic rings. The summed E-state index contributed by atoms with van der Waals surface area (Å²) in [6, 6.07) is 8.67. The molecule has 0 bridgehead atoms. The Balaban J connectivity index is 1.65. The van der Waals surface area contributed by atoms with E-state index in [9.17, 15) is 9.59 Å². The second kappa shape index (κ2) is 6.87. The average molecular weight is 332 g/mol. The van der Waals surface area contributed by atoms with Gasteiger partial charge in [-0.25, -0.2) is 0 Å². The first-order valence-electron chi connectivity index (χ1n) is 7.62. The fourth-order valence-corrected chi connectivity index (χ4v) is 2.86. The summed E-state index contributed by atoms with van der Waals surface area (Å²) in [5, 5.41) is 0.612. The molecule has 1 aromatic carbocycles. The number of nitrogens with one attached hydrogen (secondary N) is 1. The van der Waals surface area contributed by atoms with E-state index in [1.807, 2.05) is 0 Å². The zero-order chi connectivity index (χ0) is 16.2. The summed E-state index contributed by atoms with van der Waals surface area (Å²) in [4.78, 5) is 31.4. The molecule has 6 heteroatoms. The molecule has 1 aliphatic heterocycles. The number of rotatable bonds is 2. The van der Waals surface area contributed by atoms with Gasteiger partial charge in [0, 0.05) is 49.2 Å². The van der Waals surface area contributed by atoms with Crippen LogP contribution in [0.2, 0.25) is 5.02 Å². The van der Waals surface area contributed by atoms with Crippen molar-refractivity contribution in [3.63, 3.8) is 0 Å². The maximum Gasteiger partial charge on any atom is 0.255 e. The van der Waals surface area contributed by atoms with Crippen molar-refractivity contribution in [1.82, 2.24) is 14.8 Å². The van der Waals surface area contributed by atoms with Gasteiger partial charge in [-0.3, -0.25) is 9.59 Å². The molecule has 0 radical (unpaired) electrons. The van der Waals surface area contributed by atoms with Crippen molar-refractivity contribution in [2.45, 2.75) is 6.42 Å². The summed E-state index contributed by atoms with van der Waals surface area (Å²) in [6.45, 7) is 2.40. The van der Waals surface area contributed by atoms with Gasteiger partial charge in [-0.05, 0) is 36.8 Å². The number of hydrogen-bond donors (Lipinski definition) is 1. The first kappa shape index (κ1) is 15.6. The minimum atomic E-state index is -0.0161. The zero-order valence-corrected chi connectivity index (χ0v) is 13.4. The quantitative estimate of drug-likeness (QED) is 0.919. The van der Waals surface area contributed by atoms with Crippen molar-refractivity contribution >= 4 is 23.4 Å². The lowest BCUT2D eigenvalue weighted by atomic mass is 10.2. The third-order valence-electron chi connectivity index (χ3n) is 4.01. The minimum Gasteiger partial charge on any atom is -0.367 e. The predicted octanol–water partition coefficient (Wildman–Crippen LogP) is 2.66. The highest BCUT2D eigenvalue weighted by atomic mass is 35.5. The van der Waals surface area contributed by atoms with Crippen LogP contribution in [-0.2, 0) is 0 Å². The van der Waals surface area contributed by atoms with Gasteiger partial charge in [0.15, 0.2) is 0 Å². The number of aromatic amines is 1. The standard InChI is InChI=1S/C17H18ClN3O2/c18-15-4-2-13(3-5-15)16(22)20-8-1-9-21(11-10-20)17(23)14-6-7-19-12-14/h2-7,12,19H,1,8-11H2. The van der Waals surface area contributed by atoms with Crippen molar-refractivity contribution in [2.75, 3.05) is 26.2 Å². The number of aromatic nitrogens is 1. The molecule has 5 nitrogen and oxygen atoms in total. The Kier molecular flexibility index (Phi) is 4.67. The van der Waals surface area contributed by atoms with E-state index in [2.05, 4.69) is 4.98 Å². The molecule has 0 atom stereocenters. The number of amides is 2. The van der Waals surface area contributed by atoms with Crippen molar-refractivity contribution < 1.29 is 9.59 Å². The molecule has 23 heavy (non-hydrogen) atoms. The molecule has 1 aliphatic rings. The molecule has 120 valence electrons. The average Bonchev–Trinajstić information content (AvgIpc) is 2.99. The van der Waals surface area contributed by atoms with Crippen molar-refractivity contribution in [1.29, 1.82) is 0 Å². The highest BCUT2D eigenvalue weighted by Gasteiger charge is 2.23. The summed E-state index contributed by atoms with van der Waals surface area (Å²) in [5.41, 5.74) is 1.28. The van der Waals surface area contributed by atoms with Crippen LogP contribution in [-0.4, -0.2) is 52.8 Å². The van der Waals surface area contributed by atoms with Crippen LogP contribution in [0.4, 0.5) is 0 Å². The molecule has 0 spiro atoms. The lowest BCUT2D eigenvalue weighted by molar-refractivity contribution is 0.0719. The number of hydrogen-bond acceptors (Lipinski definition) is 2. The molecule has 0 saturated carbocycles. The summed E-state index contributed by atoms with van der Waals surface area (Å²) in [6.07, 6.45) is 4.21. The fraction of sp³-hybridized carbons (Fsp3) is 0.294. The van der Waals surface area contributed by atoms with Crippen molar-refractivity contribution in [2.24, 2.45) is 0 Å². The van der Waals surface area contributed by atoms with Gasteiger partial charge in [-0.15, -0.1) is 0 Å². The lowest BCUT2D eigenvalue weighted by Crippen LogP contribution is -2.37. The SMILES string of the molecule is O=C(c1ccc(Cl)cc1)N1CCCN(C(=O)c2cc[nH]c2)CC1. The molecular formula is C17H18ClN3O2. The van der Waals surface area contributed by atoms with E-state index in [1.54, 1.807) is 52.5 Å². The van der Waals surface area contributed by atoms with E-state index in [1.165, 1.54) is 0 Å². The maximum absolute atomic E-state index is 12.5. The molecular weight excluding hydrogens is 314 g/mol. The number of halogens is 1. The Morgan fingerprint density at radius 2 is 1.48 bits per heavy atom. The van der Waals surface area contributed by atoms with Crippen LogP contribution in [0.5, 0.6) is 0 Å². The van der Waals surface area contributed by atoms with Gasteiger partial charge in [-0.1, -0.05) is 11.6 Å². The summed E-state index contributed by atoms with van der Waals surface area (Å²) in [7, 11) is 0. The summed E-state index contributed by atoms with van der Waals surface area (Å²) in [5.74, 6) is -0.00958. The third-order valence-corrected chi connectivity index (χ3v) is 4.26. The number of carbonyl (C=O) groups excluding carboxylic acids is 2. The molecule has 0 aliphatic carbocycles. The Bertz CT molecular complexity index is 682. The van der Waals surface area contributed by atoms with Crippen LogP contribution in [0.1, 0.15) is 27.1 Å². The van der Waals surface area contributed by atoms with Crippen LogP contribution in [0.25, 0.3) is 0 Å². The predicted molar refractivity (Wildman–Crippen MR) is 88.7 cm³/mol. The number of benzene rings is 1. The van der Waals surface area contributed by atoms with E-state index < -0.39 is 0 Å². The van der Waals surface area contributed by atoms with E-state index in [0.29, 0.717) is 42.3 Å². The van der Waals surface area contributed by atoms with Gasteiger partial charge in [0.25, 0.3) is 11.8 Å². The monoisotopic (exact) mass is 331 g/mol. The molecule has 1 N–H and O–H groups in total. The van der Waals surface area contributed by atoms with Gasteiger partial charge in [0.2, 0.25) is 0 Å². The summed E-state index contributed by atoms with van der Waals surface area (Å²) < 4.78 is 0. The van der Waals surface area contributed by atoms with Crippen LogP contribution < -0.4 is 0 Å². The molecule has 2 heterocycles. The number of nitrogens with zero attached hydrogens (tertiary/aromatic N) is 2. The zero-order valence-electron chi connectivity index (χ0n) is 12.7. The molecule has 1 aromatic heterocycles. The van der Waals surface area contributed by atoms with Crippen molar-refractivity contribution in [3.05, 3.63) is 58.9 Å².